The molecule has 4 unspecified atom stereocenters. The van der Waals surface area contributed by atoms with Gasteiger partial charge >= 0.3 is 35.8 Å². The van der Waals surface area contributed by atoms with Crippen molar-refractivity contribution in [3.8, 4) is 0 Å². The lowest BCUT2D eigenvalue weighted by Crippen LogP contribution is -2.65. The van der Waals surface area contributed by atoms with Gasteiger partial charge < -0.3 is 40.9 Å². The van der Waals surface area contributed by atoms with Gasteiger partial charge in [0.2, 0.25) is 0 Å². The highest BCUT2D eigenvalue weighted by atomic mass is 16.4. The number of rotatable bonds is 33. The average Bonchev–Trinajstić information content (AvgIpc) is 3.07. The number of carboxylic acids is 6. The lowest BCUT2D eigenvalue weighted by molar-refractivity contribution is -0.213. The molecule has 0 bridgehead atoms. The van der Waals surface area contributed by atoms with Gasteiger partial charge in [-0.15, -0.1) is 0 Å². The summed E-state index contributed by atoms with van der Waals surface area (Å²) < 4.78 is 0. The molecular formula is C38H66O14. The molecule has 0 heterocycles. The summed E-state index contributed by atoms with van der Waals surface area (Å²) >= 11 is 0. The van der Waals surface area contributed by atoms with Crippen LogP contribution in [0.3, 0.4) is 0 Å². The van der Waals surface area contributed by atoms with Crippen LogP contribution in [0.4, 0.5) is 0 Å². The van der Waals surface area contributed by atoms with E-state index in [1.54, 1.807) is 0 Å². The van der Waals surface area contributed by atoms with Gasteiger partial charge in [-0.25, -0.2) is 9.59 Å². The zero-order chi connectivity index (χ0) is 40.2. The van der Waals surface area contributed by atoms with Gasteiger partial charge in [-0.3, -0.25) is 19.2 Å². The largest absolute Gasteiger partial charge is 0.481 e. The van der Waals surface area contributed by atoms with Gasteiger partial charge in [0.1, 0.15) is 10.8 Å². The van der Waals surface area contributed by atoms with Crippen LogP contribution in [0.2, 0.25) is 0 Å². The Morgan fingerprint density at radius 1 is 0.385 bits per heavy atom. The molecule has 0 aliphatic carbocycles. The molecule has 0 fully saturated rings. The third kappa shape index (κ3) is 11.6. The fourth-order valence-electron chi connectivity index (χ4n) is 7.91. The van der Waals surface area contributed by atoms with Gasteiger partial charge in [-0.2, -0.15) is 0 Å². The number of aliphatic hydroxyl groups is 2. The molecule has 52 heavy (non-hydrogen) atoms. The van der Waals surface area contributed by atoms with E-state index in [-0.39, 0.29) is 25.7 Å². The van der Waals surface area contributed by atoms with E-state index in [1.807, 2.05) is 27.7 Å². The van der Waals surface area contributed by atoms with Crippen LogP contribution in [0.25, 0.3) is 0 Å². The van der Waals surface area contributed by atoms with E-state index in [1.165, 1.54) is 0 Å². The van der Waals surface area contributed by atoms with E-state index in [0.717, 1.165) is 25.7 Å². The van der Waals surface area contributed by atoms with Gasteiger partial charge in [0.05, 0.1) is 11.8 Å². The van der Waals surface area contributed by atoms with E-state index < -0.39 is 108 Å². The first kappa shape index (κ1) is 48.7. The molecule has 4 atom stereocenters. The molecule has 0 aromatic carbocycles. The van der Waals surface area contributed by atoms with Crippen molar-refractivity contribution in [1.82, 2.24) is 0 Å². The molecule has 302 valence electrons. The lowest BCUT2D eigenvalue weighted by atomic mass is 9.57. The van der Waals surface area contributed by atoms with Crippen LogP contribution < -0.4 is 0 Å². The van der Waals surface area contributed by atoms with E-state index in [4.69, 9.17) is 0 Å². The summed E-state index contributed by atoms with van der Waals surface area (Å²) in [7, 11) is 0. The standard InChI is InChI=1S/C38H66O14/c1-5-9-13-17-23-35(31(43)44,24-18-14-10-6-2)37(51,33(47)48)27(29(39)40)21-22-28(30(41)42)38(52,34(49)50)36(32(45)46,25-19-15-11-7-3)26-20-16-12-8-4/h27-28,51-52H,5-26H2,1-4H3,(H,39,40)(H,41,42)(H,43,44)(H,45,46)(H,47,48)(H,49,50). The van der Waals surface area contributed by atoms with Gasteiger partial charge in [0.15, 0.2) is 11.2 Å². The predicted molar refractivity (Wildman–Crippen MR) is 192 cm³/mol. The molecule has 14 nitrogen and oxygen atoms in total. The Balaban J connectivity index is 7.46. The van der Waals surface area contributed by atoms with Crippen molar-refractivity contribution < 1.29 is 69.6 Å². The SMILES string of the molecule is CCCCCCC(CCCCCC)(C(=O)O)C(O)(C(=O)O)C(CCC(C(=O)O)C(O)(C(=O)O)C(CCCCCC)(CCCCCC)C(=O)O)C(=O)O. The molecule has 8 N–H and O–H groups in total. The van der Waals surface area contributed by atoms with Crippen LogP contribution in [-0.2, 0) is 28.8 Å². The van der Waals surface area contributed by atoms with Gasteiger partial charge in [-0.1, -0.05) is 130 Å². The van der Waals surface area contributed by atoms with Crippen LogP contribution in [0, 0.1) is 22.7 Å². The lowest BCUT2D eigenvalue weighted by Gasteiger charge is -2.46. The van der Waals surface area contributed by atoms with Crippen LogP contribution in [-0.4, -0.2) is 87.9 Å². The fraction of sp³-hybridized carbons (Fsp3) is 0.842. The van der Waals surface area contributed by atoms with Crippen LogP contribution in [0.1, 0.15) is 169 Å². The molecule has 0 rings (SSSR count). The highest BCUT2D eigenvalue weighted by Gasteiger charge is 2.68. The Labute approximate surface area is 308 Å². The molecule has 0 spiro atoms. The first-order chi connectivity index (χ1) is 24.4. The fourth-order valence-corrected chi connectivity index (χ4v) is 7.91. The van der Waals surface area contributed by atoms with Crippen molar-refractivity contribution >= 4 is 35.8 Å². The quantitative estimate of drug-likeness (QED) is 0.0320. The Morgan fingerprint density at radius 2 is 0.615 bits per heavy atom. The second-order valence-electron chi connectivity index (χ2n) is 14.5. The molecule has 0 radical (unpaired) electrons. The van der Waals surface area contributed by atoms with E-state index in [0.29, 0.717) is 51.4 Å². The minimum absolute atomic E-state index is 0.142. The number of aliphatic carboxylic acids is 6. The Kier molecular flexibility index (Phi) is 21.9. The van der Waals surface area contributed by atoms with Crippen molar-refractivity contribution in [1.29, 1.82) is 0 Å². The third-order valence-corrected chi connectivity index (χ3v) is 11.1. The number of hydrogen-bond acceptors (Lipinski definition) is 8. The summed E-state index contributed by atoms with van der Waals surface area (Å²) in [6, 6.07) is 0. The maximum atomic E-state index is 13.1. The Morgan fingerprint density at radius 3 is 0.769 bits per heavy atom. The first-order valence-electron chi connectivity index (χ1n) is 19.2. The molecular weight excluding hydrogens is 680 g/mol. The zero-order valence-corrected chi connectivity index (χ0v) is 31.7. The van der Waals surface area contributed by atoms with Gasteiger partial charge in [0, 0.05) is 0 Å². The van der Waals surface area contributed by atoms with E-state index >= 15 is 0 Å². The average molecular weight is 747 g/mol. The van der Waals surface area contributed by atoms with Crippen molar-refractivity contribution in [3.05, 3.63) is 0 Å². The number of carbonyl (C=O) groups is 6. The molecule has 0 aliphatic rings. The highest BCUT2D eigenvalue weighted by Crippen LogP contribution is 2.51. The normalized spacial score (nSPS) is 15.6. The van der Waals surface area contributed by atoms with Crippen LogP contribution in [0.15, 0.2) is 0 Å². The smallest absolute Gasteiger partial charge is 0.337 e. The molecule has 14 heteroatoms. The van der Waals surface area contributed by atoms with E-state index in [9.17, 15) is 69.6 Å². The van der Waals surface area contributed by atoms with Crippen LogP contribution >= 0.6 is 0 Å². The minimum atomic E-state index is -3.50. The monoisotopic (exact) mass is 746 g/mol. The van der Waals surface area contributed by atoms with Crippen molar-refractivity contribution in [2.45, 2.75) is 180 Å². The summed E-state index contributed by atoms with van der Waals surface area (Å²) in [5.74, 6) is -16.7. The molecule has 0 aromatic heterocycles. The van der Waals surface area contributed by atoms with Crippen molar-refractivity contribution in [2.75, 3.05) is 0 Å². The van der Waals surface area contributed by atoms with Crippen molar-refractivity contribution in [3.63, 3.8) is 0 Å². The molecule has 0 amide bonds. The summed E-state index contributed by atoms with van der Waals surface area (Å²) in [5.41, 5.74) is -12.1. The van der Waals surface area contributed by atoms with Crippen molar-refractivity contribution in [2.24, 2.45) is 22.7 Å². The number of hydrogen-bond donors (Lipinski definition) is 8. The second kappa shape index (κ2) is 23.4. The topological polar surface area (TPSA) is 264 Å². The first-order valence-corrected chi connectivity index (χ1v) is 19.2. The highest BCUT2D eigenvalue weighted by molar-refractivity contribution is 5.94. The van der Waals surface area contributed by atoms with Gasteiger partial charge in [-0.05, 0) is 38.5 Å². The Bertz CT molecular complexity index is 1040. The number of carboxylic acid groups (broad SMARTS) is 6. The molecule has 0 aromatic rings. The summed E-state index contributed by atoms with van der Waals surface area (Å²) in [6.45, 7) is 7.59. The summed E-state index contributed by atoms with van der Waals surface area (Å²) in [5, 5.41) is 87.4. The van der Waals surface area contributed by atoms with E-state index in [2.05, 4.69) is 0 Å². The molecule has 0 saturated carbocycles. The van der Waals surface area contributed by atoms with Crippen LogP contribution in [0.5, 0.6) is 0 Å². The predicted octanol–water partition coefficient (Wildman–Crippen LogP) is 6.82. The minimum Gasteiger partial charge on any atom is -0.481 e. The third-order valence-electron chi connectivity index (χ3n) is 11.1. The maximum absolute atomic E-state index is 13.1. The van der Waals surface area contributed by atoms with Gasteiger partial charge in [0.25, 0.3) is 0 Å². The zero-order valence-electron chi connectivity index (χ0n) is 31.7. The summed E-state index contributed by atoms with van der Waals surface area (Å²) in [4.78, 5) is 78.2. The molecule has 0 aliphatic heterocycles. The molecule has 0 saturated heterocycles. The summed E-state index contributed by atoms with van der Waals surface area (Å²) in [6.07, 6.45) is 4.27. The Hall–Kier alpha value is -3.26. The second-order valence-corrected chi connectivity index (χ2v) is 14.5. The maximum Gasteiger partial charge on any atom is 0.337 e. The number of unbranched alkanes of at least 4 members (excludes halogenated alkanes) is 12.